The van der Waals surface area contributed by atoms with Crippen molar-refractivity contribution < 1.29 is 9.53 Å². The van der Waals surface area contributed by atoms with Crippen molar-refractivity contribution in [1.82, 2.24) is 4.90 Å². The second-order valence-electron chi connectivity index (χ2n) is 5.66. The lowest BCUT2D eigenvalue weighted by atomic mass is 10.1. The number of benzene rings is 2. The molecule has 0 N–H and O–H groups in total. The Labute approximate surface area is 141 Å². The van der Waals surface area contributed by atoms with E-state index in [2.05, 4.69) is 24.3 Å². The highest BCUT2D eigenvalue weighted by Crippen LogP contribution is 2.30. The maximum atomic E-state index is 12.2. The number of carbonyl (C=O) groups is 1. The molecule has 0 spiro atoms. The van der Waals surface area contributed by atoms with Crippen LogP contribution in [0.25, 0.3) is 0 Å². The van der Waals surface area contributed by atoms with Crippen LogP contribution in [0.3, 0.4) is 0 Å². The first-order valence-corrected chi connectivity index (χ1v) is 8.89. The van der Waals surface area contributed by atoms with E-state index in [0.717, 1.165) is 24.2 Å². The van der Waals surface area contributed by atoms with E-state index < -0.39 is 0 Å². The van der Waals surface area contributed by atoms with Gasteiger partial charge in [-0.05, 0) is 36.1 Å². The fourth-order valence-electron chi connectivity index (χ4n) is 2.83. The van der Waals surface area contributed by atoms with Gasteiger partial charge < -0.3 is 9.64 Å². The maximum Gasteiger partial charge on any atom is 0.233 e. The fourth-order valence-corrected chi connectivity index (χ4v) is 3.99. The van der Waals surface area contributed by atoms with Gasteiger partial charge in [0.1, 0.15) is 5.75 Å². The Kier molecular flexibility index (Phi) is 5.23. The van der Waals surface area contributed by atoms with Gasteiger partial charge in [0, 0.05) is 6.54 Å². The fraction of sp³-hybridized carbons (Fsp3) is 0.316. The third-order valence-corrected chi connectivity index (χ3v) is 5.37. The van der Waals surface area contributed by atoms with Crippen molar-refractivity contribution in [3.8, 4) is 5.75 Å². The number of methoxy groups -OCH3 is 1. The van der Waals surface area contributed by atoms with Gasteiger partial charge in [-0.2, -0.15) is 0 Å². The molecule has 3 nitrogen and oxygen atoms in total. The molecular formula is C19H21NO2S. The zero-order valence-corrected chi connectivity index (χ0v) is 14.1. The molecule has 0 saturated carbocycles. The van der Waals surface area contributed by atoms with Gasteiger partial charge in [-0.1, -0.05) is 42.5 Å². The molecule has 1 saturated heterocycles. The minimum atomic E-state index is 0.232. The highest BCUT2D eigenvalue weighted by atomic mass is 32.2. The molecule has 1 aliphatic rings. The lowest BCUT2D eigenvalue weighted by Gasteiger charge is -2.24. The number of carbonyl (C=O) groups excluding carboxylic acids is 1. The van der Waals surface area contributed by atoms with Crippen molar-refractivity contribution in [1.29, 1.82) is 0 Å². The van der Waals surface area contributed by atoms with Crippen LogP contribution in [0, 0.1) is 0 Å². The minimum absolute atomic E-state index is 0.232. The zero-order chi connectivity index (χ0) is 16.1. The molecule has 2 aromatic carbocycles. The summed E-state index contributed by atoms with van der Waals surface area (Å²) >= 11 is 1.75. The van der Waals surface area contributed by atoms with Crippen molar-refractivity contribution in [3.63, 3.8) is 0 Å². The quantitative estimate of drug-likeness (QED) is 0.810. The van der Waals surface area contributed by atoms with Crippen LogP contribution >= 0.6 is 11.8 Å². The van der Waals surface area contributed by atoms with E-state index in [1.165, 1.54) is 5.56 Å². The van der Waals surface area contributed by atoms with Crippen molar-refractivity contribution in [2.75, 3.05) is 12.9 Å². The summed E-state index contributed by atoms with van der Waals surface area (Å²) in [5.41, 5.74) is 2.44. The molecule has 1 unspecified atom stereocenters. The van der Waals surface area contributed by atoms with Crippen LogP contribution in [-0.4, -0.2) is 29.0 Å². The number of hydrogen-bond acceptors (Lipinski definition) is 3. The predicted molar refractivity (Wildman–Crippen MR) is 94.6 cm³/mol. The van der Waals surface area contributed by atoms with Crippen LogP contribution < -0.4 is 4.74 Å². The molecule has 1 heterocycles. The number of amides is 1. The van der Waals surface area contributed by atoms with Gasteiger partial charge >= 0.3 is 0 Å². The van der Waals surface area contributed by atoms with E-state index in [4.69, 9.17) is 4.74 Å². The van der Waals surface area contributed by atoms with Gasteiger partial charge in [0.15, 0.2) is 0 Å². The van der Waals surface area contributed by atoms with Gasteiger partial charge in [-0.15, -0.1) is 11.8 Å². The van der Waals surface area contributed by atoms with Gasteiger partial charge in [-0.25, -0.2) is 0 Å². The summed E-state index contributed by atoms with van der Waals surface area (Å²) < 4.78 is 5.27. The van der Waals surface area contributed by atoms with E-state index >= 15 is 0 Å². The highest BCUT2D eigenvalue weighted by molar-refractivity contribution is 8.00. The molecule has 1 atom stereocenters. The van der Waals surface area contributed by atoms with E-state index in [9.17, 15) is 4.79 Å². The second kappa shape index (κ2) is 7.55. The molecule has 0 bridgehead atoms. The Balaban J connectivity index is 1.65. The molecule has 23 heavy (non-hydrogen) atoms. The van der Waals surface area contributed by atoms with Gasteiger partial charge in [-0.3, -0.25) is 4.79 Å². The second-order valence-corrected chi connectivity index (χ2v) is 6.83. The van der Waals surface area contributed by atoms with Crippen LogP contribution in [0.15, 0.2) is 54.6 Å². The third kappa shape index (κ3) is 4.08. The molecule has 4 heteroatoms. The average molecular weight is 327 g/mol. The van der Waals surface area contributed by atoms with Crippen LogP contribution in [0.5, 0.6) is 5.75 Å². The van der Waals surface area contributed by atoms with Crippen LogP contribution in [0.2, 0.25) is 0 Å². The SMILES string of the molecule is COc1cccc(CN2C(=O)CSC2CCc2ccccc2)c1. The Bertz CT molecular complexity index is 659. The van der Waals surface area contributed by atoms with E-state index in [1.807, 2.05) is 35.2 Å². The predicted octanol–water partition coefficient (Wildman–Crippen LogP) is 3.73. The number of rotatable bonds is 6. The molecule has 0 radical (unpaired) electrons. The zero-order valence-electron chi connectivity index (χ0n) is 13.3. The van der Waals surface area contributed by atoms with Gasteiger partial charge in [0.25, 0.3) is 0 Å². The Morgan fingerprint density at radius 2 is 1.91 bits per heavy atom. The molecule has 1 aliphatic heterocycles. The van der Waals surface area contributed by atoms with Crippen LogP contribution in [0.1, 0.15) is 17.5 Å². The lowest BCUT2D eigenvalue weighted by Crippen LogP contribution is -2.32. The normalized spacial score (nSPS) is 17.5. The topological polar surface area (TPSA) is 29.5 Å². The average Bonchev–Trinajstić information content (AvgIpc) is 2.94. The Morgan fingerprint density at radius 1 is 1.13 bits per heavy atom. The van der Waals surface area contributed by atoms with E-state index in [0.29, 0.717) is 12.3 Å². The molecule has 1 fully saturated rings. The molecular weight excluding hydrogens is 306 g/mol. The molecule has 2 aromatic rings. The largest absolute Gasteiger partial charge is 0.497 e. The molecule has 0 aromatic heterocycles. The smallest absolute Gasteiger partial charge is 0.233 e. The van der Waals surface area contributed by atoms with Crippen molar-refractivity contribution in [2.24, 2.45) is 0 Å². The van der Waals surface area contributed by atoms with E-state index in [-0.39, 0.29) is 11.3 Å². The van der Waals surface area contributed by atoms with Crippen LogP contribution in [-0.2, 0) is 17.8 Å². The standard InChI is InChI=1S/C19H21NO2S/c1-22-17-9-5-8-16(12-17)13-20-18(21)14-23-19(20)11-10-15-6-3-2-4-7-15/h2-9,12,19H,10-11,13-14H2,1H3. The summed E-state index contributed by atoms with van der Waals surface area (Å²) in [6.45, 7) is 0.655. The Morgan fingerprint density at radius 3 is 2.70 bits per heavy atom. The Hall–Kier alpha value is -1.94. The van der Waals surface area contributed by atoms with Crippen molar-refractivity contribution >= 4 is 17.7 Å². The number of aryl methyl sites for hydroxylation is 1. The third-order valence-electron chi connectivity index (χ3n) is 4.08. The first-order valence-electron chi connectivity index (χ1n) is 7.84. The van der Waals surface area contributed by atoms with Gasteiger partial charge in [0.2, 0.25) is 5.91 Å². The van der Waals surface area contributed by atoms with Gasteiger partial charge in [0.05, 0.1) is 18.2 Å². The first kappa shape index (κ1) is 15.9. The molecule has 1 amide bonds. The van der Waals surface area contributed by atoms with Crippen molar-refractivity contribution in [3.05, 3.63) is 65.7 Å². The summed E-state index contributed by atoms with van der Waals surface area (Å²) in [6.07, 6.45) is 1.99. The summed E-state index contributed by atoms with van der Waals surface area (Å²) in [6, 6.07) is 18.4. The number of thioether (sulfide) groups is 1. The number of ether oxygens (including phenoxy) is 1. The highest BCUT2D eigenvalue weighted by Gasteiger charge is 2.31. The molecule has 3 rings (SSSR count). The summed E-state index contributed by atoms with van der Waals surface area (Å²) in [5.74, 6) is 1.65. The van der Waals surface area contributed by atoms with Crippen molar-refractivity contribution in [2.45, 2.75) is 24.8 Å². The summed E-state index contributed by atoms with van der Waals surface area (Å²) in [4.78, 5) is 14.2. The first-order chi connectivity index (χ1) is 11.3. The number of hydrogen-bond donors (Lipinski definition) is 0. The molecule has 120 valence electrons. The molecule has 0 aliphatic carbocycles. The summed E-state index contributed by atoms with van der Waals surface area (Å²) in [5, 5.41) is 0.258. The van der Waals surface area contributed by atoms with Crippen LogP contribution in [0.4, 0.5) is 0 Å². The maximum absolute atomic E-state index is 12.2. The monoisotopic (exact) mass is 327 g/mol. The summed E-state index contributed by atoms with van der Waals surface area (Å²) in [7, 11) is 1.67. The number of nitrogens with zero attached hydrogens (tertiary/aromatic N) is 1. The van der Waals surface area contributed by atoms with E-state index in [1.54, 1.807) is 18.9 Å². The minimum Gasteiger partial charge on any atom is -0.497 e. The lowest BCUT2D eigenvalue weighted by molar-refractivity contribution is -0.128.